The predicted octanol–water partition coefficient (Wildman–Crippen LogP) is 2.53. The molecule has 0 bridgehead atoms. The van der Waals surface area contributed by atoms with Gasteiger partial charge in [0.2, 0.25) is 0 Å². The van der Waals surface area contributed by atoms with Gasteiger partial charge in [-0.3, -0.25) is 0 Å². The first kappa shape index (κ1) is 21.7. The fraction of sp³-hybridized carbons (Fsp3) is 0.556. The molecule has 0 aromatic heterocycles. The summed E-state index contributed by atoms with van der Waals surface area (Å²) >= 11 is 0. The quantitative estimate of drug-likeness (QED) is 0.306. The lowest BCUT2D eigenvalue weighted by atomic mass is 10.1. The van der Waals surface area contributed by atoms with Crippen LogP contribution in [0.15, 0.2) is 29.3 Å². The van der Waals surface area contributed by atoms with E-state index in [0.717, 1.165) is 44.2 Å². The van der Waals surface area contributed by atoms with Crippen LogP contribution in [-0.4, -0.2) is 57.3 Å². The van der Waals surface area contributed by atoms with Crippen molar-refractivity contribution in [3.05, 3.63) is 35.4 Å². The Balaban J connectivity index is 0.00000312. The van der Waals surface area contributed by atoms with Gasteiger partial charge in [-0.25, -0.2) is 9.79 Å². The number of hydrogen-bond donors (Lipinski definition) is 1. The van der Waals surface area contributed by atoms with Crippen LogP contribution in [0.25, 0.3) is 0 Å². The first-order valence-electron chi connectivity index (χ1n) is 8.38. The molecule has 140 valence electrons. The molecule has 2 rings (SSSR count). The van der Waals surface area contributed by atoms with Crippen LogP contribution in [0.1, 0.15) is 29.3 Å². The minimum absolute atomic E-state index is 0. The highest BCUT2D eigenvalue weighted by Gasteiger charge is 2.19. The third kappa shape index (κ3) is 6.81. The number of carbonyl (C=O) groups excluding carboxylic acids is 1. The number of carbonyl (C=O) groups is 1. The van der Waals surface area contributed by atoms with E-state index >= 15 is 0 Å². The van der Waals surface area contributed by atoms with Gasteiger partial charge in [0.15, 0.2) is 5.96 Å². The third-order valence-electron chi connectivity index (χ3n) is 4.04. The smallest absolute Gasteiger partial charge is 0.337 e. The van der Waals surface area contributed by atoms with Gasteiger partial charge < -0.3 is 19.7 Å². The number of halogens is 1. The van der Waals surface area contributed by atoms with Crippen LogP contribution in [0, 0.1) is 5.92 Å². The van der Waals surface area contributed by atoms with Gasteiger partial charge in [0.05, 0.1) is 25.8 Å². The second kappa shape index (κ2) is 11.3. The topological polar surface area (TPSA) is 63.2 Å². The zero-order valence-electron chi connectivity index (χ0n) is 15.2. The van der Waals surface area contributed by atoms with Gasteiger partial charge in [-0.1, -0.05) is 12.1 Å². The van der Waals surface area contributed by atoms with E-state index in [9.17, 15) is 4.79 Å². The largest absolute Gasteiger partial charge is 0.465 e. The summed E-state index contributed by atoms with van der Waals surface area (Å²) in [5.41, 5.74) is 1.60. The Labute approximate surface area is 167 Å². The summed E-state index contributed by atoms with van der Waals surface area (Å²) < 4.78 is 10.1. The highest BCUT2D eigenvalue weighted by atomic mass is 127. The maximum atomic E-state index is 11.5. The molecule has 1 aliphatic rings. The fourth-order valence-electron chi connectivity index (χ4n) is 2.70. The molecule has 1 N–H and O–H groups in total. The van der Waals surface area contributed by atoms with E-state index in [-0.39, 0.29) is 29.9 Å². The summed E-state index contributed by atoms with van der Waals surface area (Å²) in [5, 5.41) is 3.33. The average Bonchev–Trinajstić information content (AvgIpc) is 3.11. The molecule has 1 aromatic carbocycles. The first-order valence-corrected chi connectivity index (χ1v) is 8.38. The number of rotatable bonds is 6. The van der Waals surface area contributed by atoms with Crippen molar-refractivity contribution in [2.24, 2.45) is 10.9 Å². The summed E-state index contributed by atoms with van der Waals surface area (Å²) in [5.74, 6) is 1.14. The van der Waals surface area contributed by atoms with Gasteiger partial charge in [-0.2, -0.15) is 0 Å². The fourth-order valence-corrected chi connectivity index (χ4v) is 2.70. The molecule has 1 aromatic rings. The van der Waals surface area contributed by atoms with E-state index in [1.807, 2.05) is 12.1 Å². The summed E-state index contributed by atoms with van der Waals surface area (Å²) in [6.07, 6.45) is 1.11. The molecule has 0 saturated carbocycles. The van der Waals surface area contributed by atoms with E-state index in [1.165, 1.54) is 7.11 Å². The van der Waals surface area contributed by atoms with Crippen LogP contribution in [0.5, 0.6) is 0 Å². The minimum atomic E-state index is -0.322. The average molecular weight is 461 g/mol. The first-order chi connectivity index (χ1) is 11.6. The molecule has 1 fully saturated rings. The van der Waals surface area contributed by atoms with Gasteiger partial charge >= 0.3 is 5.97 Å². The lowest BCUT2D eigenvalue weighted by molar-refractivity contribution is 0.0600. The number of nitrogens with one attached hydrogen (secondary N) is 1. The standard InChI is InChI=1S/C18H27N3O3.HI/c1-4-19-18(21(2)12-15-9-10-24-13-15)20-11-14-5-7-16(8-6-14)17(22)23-3;/h5-8,15H,4,9-13H2,1-3H3,(H,19,20);1H. The molecule has 25 heavy (non-hydrogen) atoms. The van der Waals surface area contributed by atoms with Crippen molar-refractivity contribution in [3.8, 4) is 0 Å². The Morgan fingerprint density at radius 3 is 2.68 bits per heavy atom. The summed E-state index contributed by atoms with van der Waals surface area (Å²) in [6, 6.07) is 7.35. The van der Waals surface area contributed by atoms with Gasteiger partial charge in [0.25, 0.3) is 0 Å². The van der Waals surface area contributed by atoms with Gasteiger partial charge in [0.1, 0.15) is 0 Å². The van der Waals surface area contributed by atoms with Crippen LogP contribution in [0.4, 0.5) is 0 Å². The summed E-state index contributed by atoms with van der Waals surface area (Å²) in [6.45, 7) is 6.08. The molecule has 1 atom stereocenters. The molecule has 1 heterocycles. The van der Waals surface area contributed by atoms with Crippen LogP contribution in [0.2, 0.25) is 0 Å². The predicted molar refractivity (Wildman–Crippen MR) is 110 cm³/mol. The van der Waals surface area contributed by atoms with E-state index in [4.69, 9.17) is 14.5 Å². The van der Waals surface area contributed by atoms with E-state index < -0.39 is 0 Å². The van der Waals surface area contributed by atoms with Crippen LogP contribution < -0.4 is 5.32 Å². The molecule has 1 saturated heterocycles. The van der Waals surface area contributed by atoms with E-state index in [1.54, 1.807) is 12.1 Å². The summed E-state index contributed by atoms with van der Waals surface area (Å²) in [7, 11) is 3.44. The van der Waals surface area contributed by atoms with Crippen molar-refractivity contribution >= 4 is 35.9 Å². The second-order valence-electron chi connectivity index (χ2n) is 5.97. The summed E-state index contributed by atoms with van der Waals surface area (Å²) in [4.78, 5) is 18.3. The molecule has 7 heteroatoms. The molecule has 6 nitrogen and oxygen atoms in total. The molecule has 0 spiro atoms. The van der Waals surface area contributed by atoms with Crippen molar-refractivity contribution in [1.29, 1.82) is 0 Å². The maximum absolute atomic E-state index is 11.5. The normalized spacial score (nSPS) is 16.9. The Hall–Kier alpha value is -1.35. The monoisotopic (exact) mass is 461 g/mol. The van der Waals surface area contributed by atoms with Crippen molar-refractivity contribution < 1.29 is 14.3 Å². The Kier molecular flexibility index (Phi) is 9.81. The zero-order chi connectivity index (χ0) is 17.4. The Morgan fingerprint density at radius 1 is 1.40 bits per heavy atom. The molecular formula is C18H28IN3O3. The van der Waals surface area contributed by atoms with Crippen LogP contribution >= 0.6 is 24.0 Å². The SMILES string of the molecule is CCNC(=NCc1ccc(C(=O)OC)cc1)N(C)CC1CCOC1.I. The number of esters is 1. The Bertz CT molecular complexity index is 557. The maximum Gasteiger partial charge on any atom is 0.337 e. The number of ether oxygens (including phenoxy) is 2. The van der Waals surface area contributed by atoms with Gasteiger partial charge in [-0.05, 0) is 31.0 Å². The highest BCUT2D eigenvalue weighted by Crippen LogP contribution is 2.13. The molecule has 1 unspecified atom stereocenters. The number of benzene rings is 1. The third-order valence-corrected chi connectivity index (χ3v) is 4.04. The highest BCUT2D eigenvalue weighted by molar-refractivity contribution is 14.0. The number of nitrogens with zero attached hydrogens (tertiary/aromatic N) is 2. The van der Waals surface area contributed by atoms with Crippen molar-refractivity contribution in [1.82, 2.24) is 10.2 Å². The van der Waals surface area contributed by atoms with Crippen molar-refractivity contribution in [2.75, 3.05) is 40.5 Å². The minimum Gasteiger partial charge on any atom is -0.465 e. The van der Waals surface area contributed by atoms with Gasteiger partial charge in [0, 0.05) is 32.7 Å². The second-order valence-corrected chi connectivity index (χ2v) is 5.97. The lowest BCUT2D eigenvalue weighted by Crippen LogP contribution is -2.41. The van der Waals surface area contributed by atoms with Crippen molar-refractivity contribution in [2.45, 2.75) is 19.9 Å². The molecule has 0 amide bonds. The van der Waals surface area contributed by atoms with E-state index in [0.29, 0.717) is 18.0 Å². The molecule has 0 aliphatic carbocycles. The van der Waals surface area contributed by atoms with E-state index in [2.05, 4.69) is 24.2 Å². The molecule has 1 aliphatic heterocycles. The van der Waals surface area contributed by atoms with Crippen molar-refractivity contribution in [3.63, 3.8) is 0 Å². The van der Waals surface area contributed by atoms with Crippen LogP contribution in [-0.2, 0) is 16.0 Å². The lowest BCUT2D eigenvalue weighted by Gasteiger charge is -2.24. The zero-order valence-corrected chi connectivity index (χ0v) is 17.5. The molecule has 0 radical (unpaired) electrons. The molecular weight excluding hydrogens is 433 g/mol. The van der Waals surface area contributed by atoms with Gasteiger partial charge in [-0.15, -0.1) is 24.0 Å². The number of methoxy groups -OCH3 is 1. The number of aliphatic imine (C=N–C) groups is 1. The Morgan fingerprint density at radius 2 is 2.12 bits per heavy atom. The number of hydrogen-bond acceptors (Lipinski definition) is 4. The van der Waals surface area contributed by atoms with Crippen LogP contribution in [0.3, 0.4) is 0 Å². The number of guanidine groups is 1.